The van der Waals surface area contributed by atoms with E-state index in [9.17, 15) is 4.79 Å². The molecule has 0 atom stereocenters. The molecule has 0 spiro atoms. The van der Waals surface area contributed by atoms with Crippen LogP contribution in [0.25, 0.3) is 0 Å². The number of hydrogen-bond acceptors (Lipinski definition) is 5. The normalized spacial score (nSPS) is 10.2. The second-order valence-corrected chi connectivity index (χ2v) is 3.35. The molecule has 0 aromatic carbocycles. The second kappa shape index (κ2) is 5.17. The third kappa shape index (κ3) is 2.85. The number of nitrogens with two attached hydrogens (primary N) is 1. The van der Waals surface area contributed by atoms with E-state index in [1.165, 1.54) is 6.20 Å². The predicted molar refractivity (Wildman–Crippen MR) is 61.3 cm³/mol. The molecule has 0 aliphatic carbocycles. The fourth-order valence-corrected chi connectivity index (χ4v) is 1.30. The maximum absolute atomic E-state index is 11.7. The average Bonchev–Trinajstić information content (AvgIpc) is 2.79. The van der Waals surface area contributed by atoms with Gasteiger partial charge in [-0.3, -0.25) is 4.79 Å². The van der Waals surface area contributed by atoms with Crippen molar-refractivity contribution < 1.29 is 4.79 Å². The van der Waals surface area contributed by atoms with E-state index in [1.54, 1.807) is 29.2 Å². The quantitative estimate of drug-likeness (QED) is 0.766. The molecular weight excluding hydrogens is 220 g/mol. The van der Waals surface area contributed by atoms with E-state index in [1.807, 2.05) is 0 Å². The molecule has 2 aromatic rings. The molecule has 0 aliphatic rings. The molecule has 0 aliphatic heterocycles. The van der Waals surface area contributed by atoms with Gasteiger partial charge in [0.05, 0.1) is 6.33 Å². The summed E-state index contributed by atoms with van der Waals surface area (Å²) in [6.45, 7) is 1.13. The number of aromatic nitrogens is 4. The van der Waals surface area contributed by atoms with Gasteiger partial charge in [-0.1, -0.05) is 0 Å². The number of anilines is 1. The lowest BCUT2D eigenvalue weighted by atomic mass is 10.4. The zero-order valence-corrected chi connectivity index (χ0v) is 9.08. The summed E-state index contributed by atoms with van der Waals surface area (Å²) in [5.74, 6) is 0.0761. The van der Waals surface area contributed by atoms with Gasteiger partial charge in [0.25, 0.3) is 5.91 Å². The van der Waals surface area contributed by atoms with Crippen LogP contribution >= 0.6 is 0 Å². The monoisotopic (exact) mass is 232 g/mol. The van der Waals surface area contributed by atoms with Crippen LogP contribution in [0.3, 0.4) is 0 Å². The lowest BCUT2D eigenvalue weighted by molar-refractivity contribution is 0.102. The fraction of sp³-hybridized carbons (Fsp3) is 0.200. The highest BCUT2D eigenvalue weighted by atomic mass is 16.2. The van der Waals surface area contributed by atoms with E-state index >= 15 is 0 Å². The summed E-state index contributed by atoms with van der Waals surface area (Å²) < 4.78 is 1.76. The molecule has 3 N–H and O–H groups in total. The molecule has 0 saturated heterocycles. The number of carbonyl (C=O) groups is 1. The number of hydrogen-bond donors (Lipinski definition) is 2. The Balaban J connectivity index is 2.04. The zero-order valence-electron chi connectivity index (χ0n) is 9.08. The highest BCUT2D eigenvalue weighted by Crippen LogP contribution is 2.02. The first-order valence-electron chi connectivity index (χ1n) is 5.10. The van der Waals surface area contributed by atoms with Crippen LogP contribution in [0.2, 0.25) is 0 Å². The van der Waals surface area contributed by atoms with Crippen molar-refractivity contribution in [3.63, 3.8) is 0 Å². The molecule has 88 valence electrons. The number of amides is 1. The third-order valence-electron chi connectivity index (χ3n) is 2.07. The Morgan fingerprint density at radius 1 is 1.53 bits per heavy atom. The van der Waals surface area contributed by atoms with Gasteiger partial charge >= 0.3 is 0 Å². The lowest BCUT2D eigenvalue weighted by Gasteiger charge is -2.00. The topological polar surface area (TPSA) is 98.7 Å². The number of nitrogens with one attached hydrogen (secondary N) is 1. The van der Waals surface area contributed by atoms with Gasteiger partial charge in [-0.05, 0) is 12.1 Å². The first kappa shape index (κ1) is 11.2. The lowest BCUT2D eigenvalue weighted by Crippen LogP contribution is -2.14. The van der Waals surface area contributed by atoms with Crippen LogP contribution in [0.4, 0.5) is 5.82 Å². The van der Waals surface area contributed by atoms with Crippen LogP contribution in [0.15, 0.2) is 30.9 Å². The van der Waals surface area contributed by atoms with Gasteiger partial charge in [0.2, 0.25) is 0 Å². The first-order chi connectivity index (χ1) is 8.29. The van der Waals surface area contributed by atoms with Crippen molar-refractivity contribution in [2.45, 2.75) is 6.54 Å². The molecule has 2 rings (SSSR count). The number of imidazole rings is 1. The van der Waals surface area contributed by atoms with Gasteiger partial charge in [0, 0.05) is 25.5 Å². The third-order valence-corrected chi connectivity index (χ3v) is 2.07. The SMILES string of the molecule is NCCn1cnc(C(=O)Nc2cccnn2)c1. The molecule has 0 bridgehead atoms. The molecule has 7 heteroatoms. The molecular formula is C10H12N6O. The van der Waals surface area contributed by atoms with Gasteiger partial charge < -0.3 is 15.6 Å². The van der Waals surface area contributed by atoms with Crippen molar-refractivity contribution >= 4 is 11.7 Å². The molecule has 2 heterocycles. The van der Waals surface area contributed by atoms with E-state index in [-0.39, 0.29) is 5.91 Å². The van der Waals surface area contributed by atoms with Crippen LogP contribution in [0.1, 0.15) is 10.5 Å². The highest BCUT2D eigenvalue weighted by molar-refractivity contribution is 6.02. The Hall–Kier alpha value is -2.28. The van der Waals surface area contributed by atoms with Crippen LogP contribution in [-0.4, -0.2) is 32.2 Å². The van der Waals surface area contributed by atoms with Crippen molar-refractivity contribution in [3.8, 4) is 0 Å². The standard InChI is InChI=1S/C10H12N6O/c11-3-5-16-6-8(12-7-16)10(17)14-9-2-1-4-13-15-9/h1-2,4,6-7H,3,5,11H2,(H,14,15,17). The molecule has 0 radical (unpaired) electrons. The Morgan fingerprint density at radius 3 is 3.12 bits per heavy atom. The molecule has 7 nitrogen and oxygen atoms in total. The minimum atomic E-state index is -0.318. The van der Waals surface area contributed by atoms with Gasteiger partial charge in [-0.2, -0.15) is 5.10 Å². The summed E-state index contributed by atoms with van der Waals surface area (Å²) in [7, 11) is 0. The smallest absolute Gasteiger partial charge is 0.277 e. The van der Waals surface area contributed by atoms with Crippen LogP contribution < -0.4 is 11.1 Å². The summed E-state index contributed by atoms with van der Waals surface area (Å²) in [6, 6.07) is 3.34. The van der Waals surface area contributed by atoms with Crippen LogP contribution in [0.5, 0.6) is 0 Å². The van der Waals surface area contributed by atoms with E-state index in [4.69, 9.17) is 5.73 Å². The Morgan fingerprint density at radius 2 is 2.41 bits per heavy atom. The summed E-state index contributed by atoms with van der Waals surface area (Å²) >= 11 is 0. The van der Waals surface area contributed by atoms with E-state index in [0.29, 0.717) is 24.6 Å². The summed E-state index contributed by atoms with van der Waals surface area (Å²) in [5, 5.41) is 10.0. The zero-order chi connectivity index (χ0) is 12.1. The van der Waals surface area contributed by atoms with Gasteiger partial charge in [0.15, 0.2) is 5.82 Å². The maximum Gasteiger partial charge on any atom is 0.277 e. The second-order valence-electron chi connectivity index (χ2n) is 3.35. The minimum Gasteiger partial charge on any atom is -0.335 e. The van der Waals surface area contributed by atoms with Gasteiger partial charge in [-0.15, -0.1) is 5.10 Å². The summed E-state index contributed by atoms with van der Waals surface area (Å²) in [4.78, 5) is 15.7. The predicted octanol–water partition coefficient (Wildman–Crippen LogP) is -0.116. The largest absolute Gasteiger partial charge is 0.335 e. The minimum absolute atomic E-state index is 0.318. The first-order valence-corrected chi connectivity index (χ1v) is 5.10. The molecule has 17 heavy (non-hydrogen) atoms. The molecule has 2 aromatic heterocycles. The van der Waals surface area contributed by atoms with Crippen molar-refractivity contribution in [2.75, 3.05) is 11.9 Å². The molecule has 0 saturated carbocycles. The number of rotatable bonds is 4. The van der Waals surface area contributed by atoms with Crippen molar-refractivity contribution in [1.82, 2.24) is 19.7 Å². The highest BCUT2D eigenvalue weighted by Gasteiger charge is 2.09. The fourth-order valence-electron chi connectivity index (χ4n) is 1.30. The Labute approximate surface area is 97.7 Å². The van der Waals surface area contributed by atoms with Crippen LogP contribution in [0, 0.1) is 0 Å². The van der Waals surface area contributed by atoms with Gasteiger partial charge in [0.1, 0.15) is 5.69 Å². The number of nitrogens with zero attached hydrogens (tertiary/aromatic N) is 4. The summed E-state index contributed by atoms with van der Waals surface area (Å²) in [6.07, 6.45) is 4.74. The van der Waals surface area contributed by atoms with E-state index < -0.39 is 0 Å². The average molecular weight is 232 g/mol. The Kier molecular flexibility index (Phi) is 3.41. The van der Waals surface area contributed by atoms with Crippen LogP contribution in [-0.2, 0) is 6.54 Å². The van der Waals surface area contributed by atoms with E-state index in [2.05, 4.69) is 20.5 Å². The Bertz CT molecular complexity index is 495. The molecule has 0 fully saturated rings. The maximum atomic E-state index is 11.7. The molecule has 1 amide bonds. The number of carbonyl (C=O) groups excluding carboxylic acids is 1. The van der Waals surface area contributed by atoms with E-state index in [0.717, 1.165) is 0 Å². The summed E-state index contributed by atoms with van der Waals surface area (Å²) in [5.41, 5.74) is 5.73. The van der Waals surface area contributed by atoms with Crippen molar-refractivity contribution in [1.29, 1.82) is 0 Å². The van der Waals surface area contributed by atoms with Gasteiger partial charge in [-0.25, -0.2) is 4.98 Å². The molecule has 0 unspecified atom stereocenters. The van der Waals surface area contributed by atoms with Crippen molar-refractivity contribution in [3.05, 3.63) is 36.5 Å². The van der Waals surface area contributed by atoms with Crippen molar-refractivity contribution in [2.24, 2.45) is 5.73 Å².